The Morgan fingerprint density at radius 2 is 1.39 bits per heavy atom. The summed E-state index contributed by atoms with van der Waals surface area (Å²) in [6.45, 7) is 4.44. The topological polar surface area (TPSA) is 28.1 Å². The maximum absolute atomic E-state index is 5.83. The van der Waals surface area contributed by atoms with Crippen LogP contribution in [0.3, 0.4) is 0 Å². The van der Waals surface area contributed by atoms with E-state index in [0.29, 0.717) is 6.61 Å². The minimum absolute atomic E-state index is 0.583. The molecule has 0 radical (unpaired) electrons. The van der Waals surface area contributed by atoms with Crippen molar-refractivity contribution in [1.29, 1.82) is 0 Å². The van der Waals surface area contributed by atoms with E-state index in [4.69, 9.17) is 4.74 Å². The predicted octanol–water partition coefficient (Wildman–Crippen LogP) is 4.42. The Morgan fingerprint density at radius 1 is 0.750 bits per heavy atom. The average molecular weight is 371 g/mol. The van der Waals surface area contributed by atoms with Gasteiger partial charge >= 0.3 is 0 Å². The van der Waals surface area contributed by atoms with Crippen LogP contribution < -0.4 is 9.64 Å². The van der Waals surface area contributed by atoms with E-state index in [1.807, 2.05) is 48.7 Å². The number of para-hydroxylation sites is 1. The van der Waals surface area contributed by atoms with Gasteiger partial charge in [0.2, 0.25) is 0 Å². The van der Waals surface area contributed by atoms with Crippen LogP contribution in [0.2, 0.25) is 0 Å². The van der Waals surface area contributed by atoms with Crippen LogP contribution >= 0.6 is 0 Å². The molecule has 142 valence electrons. The van der Waals surface area contributed by atoms with E-state index in [-0.39, 0.29) is 0 Å². The molecular weight excluding hydrogens is 346 g/mol. The Kier molecular flexibility index (Phi) is 5.88. The first-order chi connectivity index (χ1) is 13.9. The van der Waals surface area contributed by atoms with Gasteiger partial charge in [0, 0.05) is 18.8 Å². The number of ether oxygens (including phenoxy) is 1. The van der Waals surface area contributed by atoms with Crippen LogP contribution in [0, 0.1) is 0 Å². The van der Waals surface area contributed by atoms with Crippen LogP contribution in [0.5, 0.6) is 5.75 Å². The Bertz CT molecular complexity index is 871. The maximum atomic E-state index is 5.83. The number of piperazine rings is 1. The first-order valence-corrected chi connectivity index (χ1v) is 9.72. The number of nitrogens with zero attached hydrogens (tertiary/aromatic N) is 3. The van der Waals surface area contributed by atoms with Gasteiger partial charge in [-0.15, -0.1) is 0 Å². The van der Waals surface area contributed by atoms with Crippen LogP contribution in [0.15, 0.2) is 90.0 Å². The van der Waals surface area contributed by atoms with Gasteiger partial charge < -0.3 is 9.64 Å². The van der Waals surface area contributed by atoms with Crippen molar-refractivity contribution in [3.05, 3.63) is 96.1 Å². The fourth-order valence-corrected chi connectivity index (χ4v) is 3.25. The number of rotatable bonds is 6. The lowest BCUT2D eigenvalue weighted by Crippen LogP contribution is -2.44. The second-order valence-corrected chi connectivity index (χ2v) is 6.86. The Balaban J connectivity index is 1.26. The third kappa shape index (κ3) is 4.92. The van der Waals surface area contributed by atoms with Crippen molar-refractivity contribution < 1.29 is 4.74 Å². The second kappa shape index (κ2) is 9.09. The molecule has 1 fully saturated rings. The first kappa shape index (κ1) is 18.1. The van der Waals surface area contributed by atoms with Gasteiger partial charge in [0.25, 0.3) is 0 Å². The summed E-state index contributed by atoms with van der Waals surface area (Å²) in [5.41, 5.74) is 3.54. The van der Waals surface area contributed by atoms with Crippen molar-refractivity contribution in [2.24, 2.45) is 5.10 Å². The van der Waals surface area contributed by atoms with E-state index in [2.05, 4.69) is 57.5 Å². The molecule has 1 saturated heterocycles. The van der Waals surface area contributed by atoms with E-state index in [1.165, 1.54) is 11.3 Å². The molecular formula is C24H25N3O. The predicted molar refractivity (Wildman–Crippen MR) is 115 cm³/mol. The highest BCUT2D eigenvalue weighted by molar-refractivity contribution is 5.79. The third-order valence-electron chi connectivity index (χ3n) is 4.88. The van der Waals surface area contributed by atoms with Gasteiger partial charge in [-0.1, -0.05) is 48.5 Å². The van der Waals surface area contributed by atoms with Gasteiger partial charge in [-0.25, -0.2) is 0 Å². The molecule has 28 heavy (non-hydrogen) atoms. The molecule has 3 aromatic rings. The lowest BCUT2D eigenvalue weighted by molar-refractivity contribution is 0.272. The van der Waals surface area contributed by atoms with E-state index < -0.39 is 0 Å². The zero-order valence-corrected chi connectivity index (χ0v) is 15.9. The summed E-state index contributed by atoms with van der Waals surface area (Å²) in [4.78, 5) is 2.41. The Labute approximate surface area is 166 Å². The molecule has 0 N–H and O–H groups in total. The normalized spacial score (nSPS) is 14.4. The fraction of sp³-hybridized carbons (Fsp3) is 0.208. The maximum Gasteiger partial charge on any atom is 0.119 e. The molecule has 0 spiro atoms. The second-order valence-electron chi connectivity index (χ2n) is 6.86. The van der Waals surface area contributed by atoms with Gasteiger partial charge in [0.05, 0.1) is 19.3 Å². The van der Waals surface area contributed by atoms with Crippen LogP contribution in [-0.2, 0) is 6.61 Å². The van der Waals surface area contributed by atoms with E-state index in [0.717, 1.165) is 37.5 Å². The molecule has 0 aliphatic carbocycles. The van der Waals surface area contributed by atoms with Crippen LogP contribution in [0.4, 0.5) is 5.69 Å². The molecule has 0 amide bonds. The van der Waals surface area contributed by atoms with Crippen LogP contribution in [0.1, 0.15) is 11.1 Å². The van der Waals surface area contributed by atoms with Crippen molar-refractivity contribution in [3.8, 4) is 5.75 Å². The molecule has 4 heteroatoms. The quantitative estimate of drug-likeness (QED) is 0.601. The molecule has 0 bridgehead atoms. The van der Waals surface area contributed by atoms with Crippen molar-refractivity contribution in [3.63, 3.8) is 0 Å². The fourth-order valence-electron chi connectivity index (χ4n) is 3.25. The lowest BCUT2D eigenvalue weighted by atomic mass is 10.2. The largest absolute Gasteiger partial charge is 0.489 e. The number of anilines is 1. The molecule has 1 aliphatic heterocycles. The highest BCUT2D eigenvalue weighted by Gasteiger charge is 2.15. The number of benzene rings is 3. The lowest BCUT2D eigenvalue weighted by Gasteiger charge is -2.34. The molecule has 1 aliphatic rings. The summed E-state index contributed by atoms with van der Waals surface area (Å²) in [6, 6.07) is 28.9. The smallest absolute Gasteiger partial charge is 0.119 e. The SMILES string of the molecule is C(=NN1CCN(c2ccccc2)CC1)c1ccc(OCc2ccccc2)cc1. The van der Waals surface area contributed by atoms with E-state index in [9.17, 15) is 0 Å². The molecule has 4 nitrogen and oxygen atoms in total. The van der Waals surface area contributed by atoms with E-state index >= 15 is 0 Å². The van der Waals surface area contributed by atoms with Crippen molar-refractivity contribution in [2.75, 3.05) is 31.1 Å². The summed E-state index contributed by atoms with van der Waals surface area (Å²) in [6.07, 6.45) is 1.93. The number of hydrogen-bond donors (Lipinski definition) is 0. The highest BCUT2D eigenvalue weighted by Crippen LogP contribution is 2.16. The molecule has 0 aromatic heterocycles. The van der Waals surface area contributed by atoms with Crippen LogP contribution in [-0.4, -0.2) is 37.4 Å². The van der Waals surface area contributed by atoms with Gasteiger partial charge in [0.15, 0.2) is 0 Å². The summed E-state index contributed by atoms with van der Waals surface area (Å²) >= 11 is 0. The molecule has 3 aromatic carbocycles. The summed E-state index contributed by atoms with van der Waals surface area (Å²) in [7, 11) is 0. The first-order valence-electron chi connectivity index (χ1n) is 9.72. The minimum atomic E-state index is 0.583. The van der Waals surface area contributed by atoms with Gasteiger partial charge in [-0.05, 0) is 47.5 Å². The number of hydrazone groups is 1. The van der Waals surface area contributed by atoms with E-state index in [1.54, 1.807) is 0 Å². The highest BCUT2D eigenvalue weighted by atomic mass is 16.5. The monoisotopic (exact) mass is 371 g/mol. The van der Waals surface area contributed by atoms with Gasteiger partial charge in [0.1, 0.15) is 12.4 Å². The minimum Gasteiger partial charge on any atom is -0.489 e. The van der Waals surface area contributed by atoms with Crippen molar-refractivity contribution in [1.82, 2.24) is 5.01 Å². The van der Waals surface area contributed by atoms with Gasteiger partial charge in [-0.2, -0.15) is 5.10 Å². The summed E-state index contributed by atoms with van der Waals surface area (Å²) < 4.78 is 5.83. The van der Waals surface area contributed by atoms with Gasteiger partial charge in [-0.3, -0.25) is 5.01 Å². The number of hydrogen-bond acceptors (Lipinski definition) is 4. The molecule has 4 rings (SSSR count). The van der Waals surface area contributed by atoms with Crippen LogP contribution in [0.25, 0.3) is 0 Å². The Morgan fingerprint density at radius 3 is 2.07 bits per heavy atom. The van der Waals surface area contributed by atoms with Crippen molar-refractivity contribution >= 4 is 11.9 Å². The summed E-state index contributed by atoms with van der Waals surface area (Å²) in [5, 5.41) is 6.78. The standard InChI is InChI=1S/C24H25N3O/c1-3-7-22(8-4-1)20-28-24-13-11-21(12-14-24)19-25-27-17-15-26(16-18-27)23-9-5-2-6-10-23/h1-14,19H,15-18,20H2. The molecule has 0 saturated carbocycles. The zero-order valence-electron chi connectivity index (χ0n) is 15.9. The Hall–Kier alpha value is -3.27. The third-order valence-corrected chi connectivity index (χ3v) is 4.88. The van der Waals surface area contributed by atoms with Crippen molar-refractivity contribution in [2.45, 2.75) is 6.61 Å². The molecule has 0 atom stereocenters. The average Bonchev–Trinajstić information content (AvgIpc) is 2.79. The summed E-state index contributed by atoms with van der Waals surface area (Å²) in [5.74, 6) is 0.873. The molecule has 1 heterocycles. The zero-order chi connectivity index (χ0) is 19.0. The molecule has 0 unspecified atom stereocenters.